The number of allylic oxidation sites excluding steroid dienone is 9. The first kappa shape index (κ1) is 40.0. The molecule has 13 rings (SSSR count). The molecule has 67 heavy (non-hydrogen) atoms. The number of nitrogens with zero attached hydrogens (tertiary/aromatic N) is 3. The Kier molecular flexibility index (Phi) is 9.00. The number of fused-ring (bicyclic) bond motifs is 8. The standard InChI is InChI=1S/C64H53N3/c1-63(2)53-26-13-11-23-48(53)50-32-29-43(37-55(50)63)57-39-58(44-30-33-51-49-24-12-14-27-54(49)64(3,4)56(51)38-44)66-62(65-57)45-20-15-19-42(35-45)47-25-16-28-60-61(47)52-36-41(40-17-7-5-8-18-40)31-34-59(52)67(60)46-21-9-6-10-22-46/h5-17,19-30,32-33,35-37,39-40,44H,18,31,34,38H2,1-4H3. The van der Waals surface area contributed by atoms with Crippen LogP contribution in [-0.2, 0) is 17.3 Å². The highest BCUT2D eigenvalue weighted by Gasteiger charge is 2.40. The number of benzene rings is 6. The second-order valence-electron chi connectivity index (χ2n) is 20.4. The van der Waals surface area contributed by atoms with Gasteiger partial charge in [-0.15, -0.1) is 0 Å². The minimum absolute atomic E-state index is 0.0533. The molecule has 0 bridgehead atoms. The Bertz CT molecular complexity index is 3530. The van der Waals surface area contributed by atoms with E-state index in [9.17, 15) is 0 Å². The fraction of sp³-hybridized carbons (Fsp3) is 0.188. The molecule has 3 heteroatoms. The minimum Gasteiger partial charge on any atom is -0.313 e. The predicted molar refractivity (Wildman–Crippen MR) is 278 cm³/mol. The monoisotopic (exact) mass is 863 g/mol. The van der Waals surface area contributed by atoms with Gasteiger partial charge in [-0.25, -0.2) is 9.97 Å². The second kappa shape index (κ2) is 15.1. The summed E-state index contributed by atoms with van der Waals surface area (Å²) in [6.07, 6.45) is 20.4. The van der Waals surface area contributed by atoms with E-state index >= 15 is 0 Å². The number of hydrogen-bond acceptors (Lipinski definition) is 2. The quantitative estimate of drug-likeness (QED) is 0.167. The van der Waals surface area contributed by atoms with Gasteiger partial charge in [0.2, 0.25) is 0 Å². The predicted octanol–water partition coefficient (Wildman–Crippen LogP) is 16.0. The first-order valence-corrected chi connectivity index (χ1v) is 24.2. The molecule has 0 N–H and O–H groups in total. The molecule has 2 heterocycles. The molecule has 5 aliphatic rings. The topological polar surface area (TPSA) is 30.7 Å². The SMILES string of the molecule is CC1(C)C2=C(C=CC(c3cc(-c4ccc5c(c4)C(C)(C)c4ccccc4-5)nc(-c4cccc(-c5cccc6c5c5c(n6-c6ccccc6)CCC(C6C=CC=CC6)=C5)c4)n3)C2)c2ccccc21. The number of aromatic nitrogens is 3. The van der Waals surface area contributed by atoms with Gasteiger partial charge in [-0.3, -0.25) is 0 Å². The Morgan fingerprint density at radius 2 is 1.31 bits per heavy atom. The normalized spacial score (nSPS) is 19.2. The van der Waals surface area contributed by atoms with Gasteiger partial charge in [-0.05, 0) is 112 Å². The second-order valence-corrected chi connectivity index (χ2v) is 20.4. The van der Waals surface area contributed by atoms with E-state index in [1.807, 2.05) is 0 Å². The molecule has 0 fully saturated rings. The molecule has 8 aromatic rings. The summed E-state index contributed by atoms with van der Waals surface area (Å²) >= 11 is 0. The minimum atomic E-state index is -0.118. The molecule has 6 aromatic carbocycles. The summed E-state index contributed by atoms with van der Waals surface area (Å²) < 4.78 is 2.51. The van der Waals surface area contributed by atoms with Gasteiger partial charge < -0.3 is 4.57 Å². The van der Waals surface area contributed by atoms with Gasteiger partial charge in [-0.1, -0.05) is 191 Å². The lowest BCUT2D eigenvalue weighted by Crippen LogP contribution is -2.20. The maximum atomic E-state index is 5.56. The third-order valence-electron chi connectivity index (χ3n) is 15.9. The molecule has 5 aliphatic carbocycles. The van der Waals surface area contributed by atoms with Gasteiger partial charge in [0, 0.05) is 56.1 Å². The van der Waals surface area contributed by atoms with Crippen molar-refractivity contribution in [3.63, 3.8) is 0 Å². The summed E-state index contributed by atoms with van der Waals surface area (Å²) in [5.41, 5.74) is 24.1. The molecule has 0 radical (unpaired) electrons. The van der Waals surface area contributed by atoms with Crippen LogP contribution in [0.25, 0.3) is 73.1 Å². The fourth-order valence-electron chi connectivity index (χ4n) is 12.4. The van der Waals surface area contributed by atoms with Gasteiger partial charge in [0.15, 0.2) is 5.82 Å². The Labute approximate surface area is 394 Å². The van der Waals surface area contributed by atoms with Gasteiger partial charge in [0.05, 0.1) is 16.9 Å². The van der Waals surface area contributed by atoms with E-state index in [4.69, 9.17) is 9.97 Å². The van der Waals surface area contributed by atoms with E-state index in [0.29, 0.717) is 5.92 Å². The van der Waals surface area contributed by atoms with Crippen LogP contribution in [0.1, 0.15) is 92.1 Å². The van der Waals surface area contributed by atoms with Crippen molar-refractivity contribution in [3.05, 3.63) is 232 Å². The molecule has 0 saturated carbocycles. The molecule has 324 valence electrons. The van der Waals surface area contributed by atoms with Crippen LogP contribution in [0.3, 0.4) is 0 Å². The summed E-state index contributed by atoms with van der Waals surface area (Å²) in [6, 6.07) is 53.9. The van der Waals surface area contributed by atoms with Gasteiger partial charge >= 0.3 is 0 Å². The average molecular weight is 864 g/mol. The van der Waals surface area contributed by atoms with Crippen molar-refractivity contribution in [3.8, 4) is 50.6 Å². The highest BCUT2D eigenvalue weighted by atomic mass is 15.0. The summed E-state index contributed by atoms with van der Waals surface area (Å²) in [4.78, 5) is 11.1. The van der Waals surface area contributed by atoms with Crippen LogP contribution in [0, 0.1) is 5.92 Å². The van der Waals surface area contributed by atoms with Crippen molar-refractivity contribution in [2.45, 2.75) is 70.1 Å². The van der Waals surface area contributed by atoms with Gasteiger partial charge in [0.1, 0.15) is 0 Å². The van der Waals surface area contributed by atoms with Crippen molar-refractivity contribution in [1.82, 2.24) is 14.5 Å². The van der Waals surface area contributed by atoms with Crippen LogP contribution in [0.5, 0.6) is 0 Å². The third-order valence-corrected chi connectivity index (χ3v) is 15.9. The zero-order valence-corrected chi connectivity index (χ0v) is 38.7. The Hall–Kier alpha value is -7.36. The smallest absolute Gasteiger partial charge is 0.160 e. The molecular weight excluding hydrogens is 811 g/mol. The summed E-state index contributed by atoms with van der Waals surface area (Å²) in [7, 11) is 0. The zero-order valence-electron chi connectivity index (χ0n) is 38.7. The van der Waals surface area contributed by atoms with Crippen LogP contribution in [0.4, 0.5) is 0 Å². The highest BCUT2D eigenvalue weighted by Crippen LogP contribution is 2.53. The van der Waals surface area contributed by atoms with E-state index in [1.54, 1.807) is 0 Å². The number of hydrogen-bond donors (Lipinski definition) is 0. The molecule has 0 aliphatic heterocycles. The molecule has 0 amide bonds. The van der Waals surface area contributed by atoms with Crippen molar-refractivity contribution < 1.29 is 0 Å². The van der Waals surface area contributed by atoms with Crippen molar-refractivity contribution >= 4 is 22.6 Å². The zero-order chi connectivity index (χ0) is 45.0. The summed E-state index contributed by atoms with van der Waals surface area (Å²) in [6.45, 7) is 9.50. The number of para-hydroxylation sites is 1. The number of rotatable bonds is 6. The van der Waals surface area contributed by atoms with Gasteiger partial charge in [0.25, 0.3) is 0 Å². The molecule has 2 unspecified atom stereocenters. The van der Waals surface area contributed by atoms with Crippen LogP contribution in [0.2, 0.25) is 0 Å². The molecule has 0 saturated heterocycles. The molecule has 2 aromatic heterocycles. The molecule has 2 atom stereocenters. The lowest BCUT2D eigenvalue weighted by atomic mass is 9.75. The summed E-state index contributed by atoms with van der Waals surface area (Å²) in [5, 5.41) is 1.31. The van der Waals surface area contributed by atoms with E-state index in [-0.39, 0.29) is 16.7 Å². The summed E-state index contributed by atoms with van der Waals surface area (Å²) in [5.74, 6) is 1.31. The van der Waals surface area contributed by atoms with E-state index in [0.717, 1.165) is 54.0 Å². The van der Waals surface area contributed by atoms with Crippen LogP contribution in [0.15, 0.2) is 193 Å². The Balaban J connectivity index is 0.960. The van der Waals surface area contributed by atoms with E-state index in [2.05, 4.69) is 220 Å². The van der Waals surface area contributed by atoms with E-state index in [1.165, 1.54) is 89.1 Å². The largest absolute Gasteiger partial charge is 0.313 e. The highest BCUT2D eigenvalue weighted by molar-refractivity contribution is 6.04. The van der Waals surface area contributed by atoms with Crippen molar-refractivity contribution in [2.24, 2.45) is 5.92 Å². The first-order valence-electron chi connectivity index (χ1n) is 24.2. The maximum Gasteiger partial charge on any atom is 0.160 e. The molecule has 0 spiro atoms. The Morgan fingerprint density at radius 1 is 0.567 bits per heavy atom. The molecular formula is C64H53N3. The van der Waals surface area contributed by atoms with Crippen LogP contribution in [-0.4, -0.2) is 14.5 Å². The van der Waals surface area contributed by atoms with Crippen molar-refractivity contribution in [1.29, 1.82) is 0 Å². The lowest BCUT2D eigenvalue weighted by Gasteiger charge is -2.29. The van der Waals surface area contributed by atoms with Gasteiger partial charge in [-0.2, -0.15) is 0 Å². The van der Waals surface area contributed by atoms with Crippen LogP contribution < -0.4 is 0 Å². The third kappa shape index (κ3) is 6.24. The van der Waals surface area contributed by atoms with E-state index < -0.39 is 0 Å². The maximum absolute atomic E-state index is 5.56. The average Bonchev–Trinajstić information content (AvgIpc) is 3.93. The Morgan fingerprint density at radius 3 is 2.15 bits per heavy atom. The lowest BCUT2D eigenvalue weighted by molar-refractivity contribution is 0.587. The molecule has 3 nitrogen and oxygen atoms in total. The van der Waals surface area contributed by atoms with Crippen LogP contribution >= 0.6 is 0 Å². The van der Waals surface area contributed by atoms with Crippen molar-refractivity contribution in [2.75, 3.05) is 0 Å². The first-order chi connectivity index (χ1) is 32.7. The fourth-order valence-corrected chi connectivity index (χ4v) is 12.4.